The molecular formula is C21H25N5O5S2. The Hall–Kier alpha value is -2.70. The van der Waals surface area contributed by atoms with Crippen molar-refractivity contribution < 1.29 is 17.8 Å². The smallest absolute Gasteiger partial charge is 0.284 e. The molecule has 1 aliphatic heterocycles. The van der Waals surface area contributed by atoms with E-state index >= 15 is 0 Å². The van der Waals surface area contributed by atoms with Gasteiger partial charge in [-0.3, -0.25) is 10.1 Å². The normalized spacial score (nSPS) is 15.5. The van der Waals surface area contributed by atoms with Gasteiger partial charge < -0.3 is 8.98 Å². The Bertz CT molecular complexity index is 1260. The van der Waals surface area contributed by atoms with Crippen molar-refractivity contribution in [3.8, 4) is 11.4 Å². The van der Waals surface area contributed by atoms with Gasteiger partial charge in [0.15, 0.2) is 11.0 Å². The van der Waals surface area contributed by atoms with Gasteiger partial charge in [-0.25, -0.2) is 8.42 Å². The van der Waals surface area contributed by atoms with Crippen LogP contribution in [0.1, 0.15) is 38.4 Å². The van der Waals surface area contributed by atoms with Crippen molar-refractivity contribution in [1.82, 2.24) is 19.1 Å². The summed E-state index contributed by atoms with van der Waals surface area (Å²) >= 11 is 1.08. The Kier molecular flexibility index (Phi) is 6.86. The topological polar surface area (TPSA) is 124 Å². The zero-order valence-electron chi connectivity index (χ0n) is 18.4. The lowest BCUT2D eigenvalue weighted by molar-refractivity contribution is -0.388. The molecule has 0 atom stereocenters. The summed E-state index contributed by atoms with van der Waals surface area (Å²) in [4.78, 5) is 11.5. The molecule has 0 bridgehead atoms. The van der Waals surface area contributed by atoms with E-state index in [0.29, 0.717) is 41.3 Å². The third kappa shape index (κ3) is 4.68. The summed E-state index contributed by atoms with van der Waals surface area (Å²) in [6.07, 6.45) is 5.13. The zero-order valence-corrected chi connectivity index (χ0v) is 20.1. The van der Waals surface area contributed by atoms with E-state index in [1.165, 1.54) is 16.4 Å². The highest BCUT2D eigenvalue weighted by Crippen LogP contribution is 2.37. The minimum atomic E-state index is -3.80. The van der Waals surface area contributed by atoms with Gasteiger partial charge in [0.05, 0.1) is 26.5 Å². The lowest BCUT2D eigenvalue weighted by atomic mass is 10.2. The van der Waals surface area contributed by atoms with Gasteiger partial charge in [0.1, 0.15) is 5.76 Å². The molecule has 0 unspecified atom stereocenters. The van der Waals surface area contributed by atoms with Crippen LogP contribution in [0.2, 0.25) is 0 Å². The zero-order chi connectivity index (χ0) is 23.6. The fourth-order valence-corrected chi connectivity index (χ4v) is 6.40. The van der Waals surface area contributed by atoms with Gasteiger partial charge in [-0.2, -0.15) is 4.31 Å². The predicted molar refractivity (Wildman–Crippen MR) is 123 cm³/mol. The average molecular weight is 492 g/mol. The molecule has 1 saturated heterocycles. The van der Waals surface area contributed by atoms with E-state index in [1.54, 1.807) is 12.3 Å². The fraction of sp³-hybridized carbons (Fsp3) is 0.429. The number of hydrogen-bond donors (Lipinski definition) is 0. The first kappa shape index (κ1) is 23.5. The molecule has 0 N–H and O–H groups in total. The number of nitro benzene ring substituents is 1. The van der Waals surface area contributed by atoms with Crippen LogP contribution in [0.4, 0.5) is 5.69 Å². The maximum atomic E-state index is 13.1. The Morgan fingerprint density at radius 1 is 1.15 bits per heavy atom. The molecular weight excluding hydrogens is 466 g/mol. The number of furan rings is 1. The Morgan fingerprint density at radius 2 is 1.88 bits per heavy atom. The van der Waals surface area contributed by atoms with Crippen molar-refractivity contribution in [3.05, 3.63) is 46.4 Å². The van der Waals surface area contributed by atoms with E-state index in [9.17, 15) is 18.5 Å². The van der Waals surface area contributed by atoms with E-state index in [0.717, 1.165) is 49.1 Å². The van der Waals surface area contributed by atoms with Crippen molar-refractivity contribution in [3.63, 3.8) is 0 Å². The standard InChI is InChI=1S/C21H25N5O5S2/c1-3-25-20(17-10-13-31-15(17)2)22-23-21(25)32-19-9-8-16(14-18(19)26(27)28)33(29,30)24-11-6-4-5-7-12-24/h8-10,13-14H,3-7,11-12H2,1-2H3. The molecule has 33 heavy (non-hydrogen) atoms. The van der Waals surface area contributed by atoms with E-state index < -0.39 is 14.9 Å². The molecule has 0 aliphatic carbocycles. The largest absolute Gasteiger partial charge is 0.469 e. The summed E-state index contributed by atoms with van der Waals surface area (Å²) < 4.78 is 34.9. The molecule has 0 radical (unpaired) electrons. The Balaban J connectivity index is 1.68. The number of hydrogen-bond acceptors (Lipinski definition) is 8. The quantitative estimate of drug-likeness (QED) is 0.350. The molecule has 1 aromatic carbocycles. The maximum Gasteiger partial charge on any atom is 0.284 e. The number of sulfonamides is 1. The van der Waals surface area contributed by atoms with Crippen LogP contribution >= 0.6 is 11.8 Å². The molecule has 12 heteroatoms. The molecule has 1 fully saturated rings. The monoisotopic (exact) mass is 491 g/mol. The first-order valence-electron chi connectivity index (χ1n) is 10.8. The van der Waals surface area contributed by atoms with Crippen molar-refractivity contribution in [2.45, 2.75) is 61.0 Å². The first-order valence-corrected chi connectivity index (χ1v) is 13.0. The third-order valence-electron chi connectivity index (χ3n) is 5.66. The highest BCUT2D eigenvalue weighted by Gasteiger charge is 2.29. The molecule has 1 aliphatic rings. The van der Waals surface area contributed by atoms with Crippen LogP contribution in [0.3, 0.4) is 0 Å². The summed E-state index contributed by atoms with van der Waals surface area (Å²) in [6, 6.07) is 5.86. The van der Waals surface area contributed by atoms with Gasteiger partial charge in [0, 0.05) is 25.7 Å². The van der Waals surface area contributed by atoms with Crippen molar-refractivity contribution in [1.29, 1.82) is 0 Å². The van der Waals surface area contributed by atoms with E-state index in [-0.39, 0.29) is 10.6 Å². The second-order valence-corrected chi connectivity index (χ2v) is 10.7. The maximum absolute atomic E-state index is 13.1. The fourth-order valence-electron chi connectivity index (χ4n) is 3.88. The van der Waals surface area contributed by atoms with E-state index in [1.807, 2.05) is 18.4 Å². The SMILES string of the molecule is CCn1c(Sc2ccc(S(=O)(=O)N3CCCCCC3)cc2[N+](=O)[O-])nnc1-c1ccoc1C. The van der Waals surface area contributed by atoms with Crippen LogP contribution < -0.4 is 0 Å². The predicted octanol–water partition coefficient (Wildman–Crippen LogP) is 4.49. The molecule has 0 spiro atoms. The van der Waals surface area contributed by atoms with Crippen molar-refractivity contribution in [2.75, 3.05) is 13.1 Å². The molecule has 0 amide bonds. The highest BCUT2D eigenvalue weighted by atomic mass is 32.2. The molecule has 2 aromatic heterocycles. The molecule has 3 aromatic rings. The van der Waals surface area contributed by atoms with E-state index in [2.05, 4.69) is 10.2 Å². The summed E-state index contributed by atoms with van der Waals surface area (Å²) in [5.41, 5.74) is 0.521. The van der Waals surface area contributed by atoms with Gasteiger partial charge >= 0.3 is 0 Å². The summed E-state index contributed by atoms with van der Waals surface area (Å²) in [7, 11) is -3.80. The van der Waals surface area contributed by atoms with Gasteiger partial charge in [0.2, 0.25) is 10.0 Å². The number of nitrogens with zero attached hydrogens (tertiary/aromatic N) is 5. The number of rotatable bonds is 7. The summed E-state index contributed by atoms with van der Waals surface area (Å²) in [5, 5.41) is 20.8. The second kappa shape index (κ2) is 9.65. The van der Waals surface area contributed by atoms with Crippen LogP contribution in [0.15, 0.2) is 49.9 Å². The second-order valence-electron chi connectivity index (χ2n) is 7.75. The van der Waals surface area contributed by atoms with E-state index in [4.69, 9.17) is 4.42 Å². The third-order valence-corrected chi connectivity index (χ3v) is 8.61. The van der Waals surface area contributed by atoms with Crippen LogP contribution in [0, 0.1) is 17.0 Å². The molecule has 10 nitrogen and oxygen atoms in total. The average Bonchev–Trinajstić information content (AvgIpc) is 3.27. The van der Waals surface area contributed by atoms with Gasteiger partial charge in [0.25, 0.3) is 5.69 Å². The first-order chi connectivity index (χ1) is 15.8. The number of nitro groups is 1. The Morgan fingerprint density at radius 3 is 2.48 bits per heavy atom. The van der Waals surface area contributed by atoms with Crippen LogP contribution in [-0.4, -0.2) is 45.5 Å². The van der Waals surface area contributed by atoms with Crippen LogP contribution in [0.25, 0.3) is 11.4 Å². The van der Waals surface area contributed by atoms with Crippen LogP contribution in [-0.2, 0) is 16.6 Å². The minimum absolute atomic E-state index is 0.0629. The number of benzene rings is 1. The van der Waals surface area contributed by atoms with Gasteiger partial charge in [-0.1, -0.05) is 12.8 Å². The van der Waals surface area contributed by atoms with Crippen molar-refractivity contribution in [2.24, 2.45) is 0 Å². The molecule has 0 saturated carbocycles. The molecule has 3 heterocycles. The van der Waals surface area contributed by atoms with Crippen molar-refractivity contribution >= 4 is 27.5 Å². The van der Waals surface area contributed by atoms with Crippen LogP contribution in [0.5, 0.6) is 0 Å². The number of aromatic nitrogens is 3. The minimum Gasteiger partial charge on any atom is -0.469 e. The summed E-state index contributed by atoms with van der Waals surface area (Å²) in [5.74, 6) is 1.30. The lowest BCUT2D eigenvalue weighted by Gasteiger charge is -2.20. The summed E-state index contributed by atoms with van der Waals surface area (Å²) in [6.45, 7) is 5.16. The highest BCUT2D eigenvalue weighted by molar-refractivity contribution is 7.99. The van der Waals surface area contributed by atoms with Gasteiger partial charge in [-0.15, -0.1) is 10.2 Å². The lowest BCUT2D eigenvalue weighted by Crippen LogP contribution is -2.31. The molecule has 4 rings (SSSR count). The van der Waals surface area contributed by atoms with Gasteiger partial charge in [-0.05, 0) is 56.7 Å². The Labute approximate surface area is 196 Å². The number of aryl methyl sites for hydroxylation is 1. The molecule has 176 valence electrons.